The zero-order valence-corrected chi connectivity index (χ0v) is 18.7. The van der Waals surface area contributed by atoms with E-state index >= 15 is 0 Å². The Hall–Kier alpha value is -4.14. The number of aromatic hydroxyl groups is 1. The van der Waals surface area contributed by atoms with Crippen molar-refractivity contribution in [3.63, 3.8) is 0 Å². The number of amides is 3. The number of fused-ring (bicyclic) bond motifs is 2. The van der Waals surface area contributed by atoms with Gasteiger partial charge < -0.3 is 25.8 Å². The number of phenols is 1. The predicted octanol–water partition coefficient (Wildman–Crippen LogP) is 3.96. The van der Waals surface area contributed by atoms with E-state index in [-0.39, 0.29) is 41.9 Å². The smallest absolute Gasteiger partial charge is 0.315 e. The molecule has 178 valence electrons. The van der Waals surface area contributed by atoms with Gasteiger partial charge in [-0.2, -0.15) is 0 Å². The van der Waals surface area contributed by atoms with Crippen LogP contribution in [-0.4, -0.2) is 27.6 Å². The molecule has 2 fully saturated rings. The van der Waals surface area contributed by atoms with Crippen molar-refractivity contribution in [2.45, 2.75) is 37.3 Å². The fourth-order valence-corrected chi connectivity index (χ4v) is 5.02. The van der Waals surface area contributed by atoms with Crippen LogP contribution in [0.2, 0.25) is 0 Å². The van der Waals surface area contributed by atoms with E-state index in [1.807, 2.05) is 0 Å². The number of phenolic OH excluding ortho intramolecular Hbond substituents is 1. The molecular weight excluding hydrogens is 451 g/mol. The maximum atomic E-state index is 13.8. The highest BCUT2D eigenvalue weighted by molar-refractivity contribution is 5.93. The van der Waals surface area contributed by atoms with E-state index in [1.54, 1.807) is 48.7 Å². The normalized spacial score (nSPS) is 23.4. The van der Waals surface area contributed by atoms with Crippen molar-refractivity contribution in [3.05, 3.63) is 77.2 Å². The molecule has 1 aliphatic heterocycles. The van der Waals surface area contributed by atoms with Gasteiger partial charge in [0.2, 0.25) is 5.91 Å². The van der Waals surface area contributed by atoms with Gasteiger partial charge in [-0.3, -0.25) is 4.79 Å². The summed E-state index contributed by atoms with van der Waals surface area (Å²) in [5.74, 6) is 1.60. The molecule has 3 amide bonds. The molecule has 0 unspecified atom stereocenters. The second-order valence-electron chi connectivity index (χ2n) is 9.23. The van der Waals surface area contributed by atoms with Crippen LogP contribution < -0.4 is 20.7 Å². The Balaban J connectivity index is 1.14. The first kappa shape index (κ1) is 21.4. The largest absolute Gasteiger partial charge is 0.508 e. The zero-order chi connectivity index (χ0) is 24.2. The third kappa shape index (κ3) is 3.82. The van der Waals surface area contributed by atoms with Crippen LogP contribution in [0.15, 0.2) is 54.7 Å². The highest BCUT2D eigenvalue weighted by Crippen LogP contribution is 2.77. The summed E-state index contributed by atoms with van der Waals surface area (Å²) in [4.78, 5) is 28.3. The second kappa shape index (κ2) is 7.97. The Kier molecular flexibility index (Phi) is 4.87. The number of urea groups is 1. The summed E-state index contributed by atoms with van der Waals surface area (Å²) in [7, 11) is 0. The first-order valence-electron chi connectivity index (χ1n) is 11.5. The number of aromatic nitrogens is 1. The molecule has 3 atom stereocenters. The summed E-state index contributed by atoms with van der Waals surface area (Å²) in [6, 6.07) is 12.8. The zero-order valence-electron chi connectivity index (χ0n) is 18.7. The Morgan fingerprint density at radius 2 is 2.09 bits per heavy atom. The molecule has 8 nitrogen and oxygen atoms in total. The fraction of sp³-hybridized carbons (Fsp3) is 0.269. The molecule has 0 radical (unpaired) electrons. The minimum Gasteiger partial charge on any atom is -0.508 e. The number of benzene rings is 2. The standard InChI is InChI=1S/C26H23FN4O4/c27-19-4-2-1-3-14(19)13-29-25(34)31-26-12-18(26)23(26)17-11-15(5-7-20(17)32)35-21-9-10-28-24-16(21)6-8-22(33)30-24/h1-5,7,9-11,18,23,32H,6,8,12-13H2,(H,28,30,33)(H2,29,31,34)/t18-,23+,26-/m0/s1. The van der Waals surface area contributed by atoms with E-state index in [4.69, 9.17) is 4.74 Å². The van der Waals surface area contributed by atoms with Gasteiger partial charge in [0.1, 0.15) is 28.9 Å². The van der Waals surface area contributed by atoms with E-state index in [1.165, 1.54) is 6.07 Å². The monoisotopic (exact) mass is 474 g/mol. The molecule has 2 heterocycles. The number of anilines is 1. The lowest BCUT2D eigenvalue weighted by molar-refractivity contribution is -0.116. The average Bonchev–Trinajstić information content (AvgIpc) is 3.70. The molecule has 0 saturated heterocycles. The van der Waals surface area contributed by atoms with E-state index in [2.05, 4.69) is 20.9 Å². The molecule has 9 heteroatoms. The van der Waals surface area contributed by atoms with E-state index in [0.29, 0.717) is 41.3 Å². The van der Waals surface area contributed by atoms with Crippen molar-refractivity contribution in [1.29, 1.82) is 0 Å². The summed E-state index contributed by atoms with van der Waals surface area (Å²) in [5.41, 5.74) is 1.57. The first-order valence-corrected chi connectivity index (χ1v) is 11.5. The third-order valence-electron chi connectivity index (χ3n) is 7.09. The second-order valence-corrected chi connectivity index (χ2v) is 9.23. The molecule has 0 bridgehead atoms. The van der Waals surface area contributed by atoms with Crippen LogP contribution in [0.1, 0.15) is 35.4 Å². The Labute approximate surface area is 200 Å². The number of hydrogen-bond donors (Lipinski definition) is 4. The van der Waals surface area contributed by atoms with Crippen LogP contribution in [-0.2, 0) is 17.8 Å². The summed E-state index contributed by atoms with van der Waals surface area (Å²) < 4.78 is 19.9. The number of hydrogen-bond acceptors (Lipinski definition) is 5. The predicted molar refractivity (Wildman–Crippen MR) is 125 cm³/mol. The lowest BCUT2D eigenvalue weighted by atomic mass is 9.99. The molecule has 35 heavy (non-hydrogen) atoms. The number of pyridine rings is 1. The van der Waals surface area contributed by atoms with Gasteiger partial charge in [-0.1, -0.05) is 18.2 Å². The van der Waals surface area contributed by atoms with Gasteiger partial charge in [-0.05, 0) is 49.1 Å². The van der Waals surface area contributed by atoms with E-state index in [9.17, 15) is 19.1 Å². The first-order chi connectivity index (χ1) is 16.9. The Morgan fingerprint density at radius 1 is 1.23 bits per heavy atom. The van der Waals surface area contributed by atoms with E-state index in [0.717, 1.165) is 12.0 Å². The molecule has 3 aromatic rings. The maximum Gasteiger partial charge on any atom is 0.315 e. The van der Waals surface area contributed by atoms with Gasteiger partial charge in [0.25, 0.3) is 0 Å². The quantitative estimate of drug-likeness (QED) is 0.432. The molecule has 4 N–H and O–H groups in total. The molecule has 2 aliphatic carbocycles. The average molecular weight is 474 g/mol. The lowest BCUT2D eigenvalue weighted by Crippen LogP contribution is -2.40. The van der Waals surface area contributed by atoms with Crippen LogP contribution in [0.25, 0.3) is 0 Å². The fourth-order valence-electron chi connectivity index (χ4n) is 5.02. The number of carbonyl (C=O) groups excluding carboxylic acids is 2. The summed E-state index contributed by atoms with van der Waals surface area (Å²) in [6.07, 6.45) is 3.31. The molecule has 3 aliphatic rings. The van der Waals surface area contributed by atoms with Crippen molar-refractivity contribution in [1.82, 2.24) is 15.6 Å². The van der Waals surface area contributed by atoms with Crippen LogP contribution >= 0.6 is 0 Å². The van der Waals surface area contributed by atoms with Gasteiger partial charge >= 0.3 is 6.03 Å². The summed E-state index contributed by atoms with van der Waals surface area (Å²) >= 11 is 0. The van der Waals surface area contributed by atoms with Crippen LogP contribution in [0.3, 0.4) is 0 Å². The molecule has 2 aromatic carbocycles. The topological polar surface area (TPSA) is 113 Å². The van der Waals surface area contributed by atoms with Gasteiger partial charge in [-0.15, -0.1) is 0 Å². The molecule has 6 rings (SSSR count). The van der Waals surface area contributed by atoms with E-state index < -0.39 is 5.54 Å². The number of ether oxygens (including phenoxy) is 1. The van der Waals surface area contributed by atoms with Crippen LogP contribution in [0.4, 0.5) is 15.0 Å². The molecular formula is C26H23FN4O4. The molecule has 1 aromatic heterocycles. The summed E-state index contributed by atoms with van der Waals surface area (Å²) in [5, 5.41) is 19.0. The highest BCUT2D eigenvalue weighted by atomic mass is 19.1. The van der Waals surface area contributed by atoms with Crippen molar-refractivity contribution >= 4 is 17.8 Å². The molecule has 2 saturated carbocycles. The van der Waals surface area contributed by atoms with Gasteiger partial charge in [-0.25, -0.2) is 14.2 Å². The maximum absolute atomic E-state index is 13.8. The summed E-state index contributed by atoms with van der Waals surface area (Å²) in [6.45, 7) is 0.0925. The van der Waals surface area contributed by atoms with Crippen molar-refractivity contribution < 1.29 is 23.8 Å². The highest BCUT2D eigenvalue weighted by Gasteiger charge is 2.80. The van der Waals surface area contributed by atoms with Gasteiger partial charge in [0.15, 0.2) is 0 Å². The number of nitrogens with zero attached hydrogens (tertiary/aromatic N) is 1. The van der Waals surface area contributed by atoms with Crippen molar-refractivity contribution in [2.75, 3.05) is 5.32 Å². The van der Waals surface area contributed by atoms with Crippen molar-refractivity contribution in [2.24, 2.45) is 5.92 Å². The van der Waals surface area contributed by atoms with Crippen LogP contribution in [0, 0.1) is 11.7 Å². The van der Waals surface area contributed by atoms with Crippen LogP contribution in [0.5, 0.6) is 17.2 Å². The van der Waals surface area contributed by atoms with Gasteiger partial charge in [0, 0.05) is 41.8 Å². The minimum absolute atomic E-state index is 0.0177. The minimum atomic E-state index is -0.393. The van der Waals surface area contributed by atoms with Gasteiger partial charge in [0.05, 0.1) is 5.54 Å². The third-order valence-corrected chi connectivity index (χ3v) is 7.09. The Bertz CT molecular complexity index is 1360. The van der Waals surface area contributed by atoms with Crippen molar-refractivity contribution in [3.8, 4) is 17.2 Å². The number of rotatable bonds is 6. The Morgan fingerprint density at radius 3 is 2.91 bits per heavy atom. The SMILES string of the molecule is O=C1CCc2c(Oc3ccc(O)c([C@@H]4[C@@H]5C[C@@]45NC(=O)NCc4ccccc4F)c3)ccnc2N1. The molecule has 0 spiro atoms. The lowest BCUT2D eigenvalue weighted by Gasteiger charge is -2.20. The number of carbonyl (C=O) groups is 2. The number of halogens is 1. The number of nitrogens with one attached hydrogen (secondary N) is 3.